The van der Waals surface area contributed by atoms with Crippen LogP contribution >= 0.6 is 11.3 Å². The van der Waals surface area contributed by atoms with Crippen LogP contribution in [0.3, 0.4) is 0 Å². The molecule has 0 radical (unpaired) electrons. The van der Waals surface area contributed by atoms with Crippen LogP contribution in [0.5, 0.6) is 0 Å². The molecule has 10 heteroatoms. The average Bonchev–Trinajstić information content (AvgIpc) is 3.54. The molecule has 0 aliphatic heterocycles. The summed E-state index contributed by atoms with van der Waals surface area (Å²) in [5.41, 5.74) is 2.53. The van der Waals surface area contributed by atoms with Crippen molar-refractivity contribution in [2.24, 2.45) is 0 Å². The van der Waals surface area contributed by atoms with Gasteiger partial charge in [-0.2, -0.15) is 5.10 Å². The molecule has 166 valence electrons. The van der Waals surface area contributed by atoms with E-state index in [4.69, 9.17) is 4.42 Å². The zero-order valence-corrected chi connectivity index (χ0v) is 18.3. The van der Waals surface area contributed by atoms with Crippen molar-refractivity contribution >= 4 is 22.2 Å². The van der Waals surface area contributed by atoms with Crippen LogP contribution in [0.15, 0.2) is 70.2 Å². The average molecular weight is 463 g/mol. The van der Waals surface area contributed by atoms with Gasteiger partial charge in [-0.05, 0) is 49.4 Å². The van der Waals surface area contributed by atoms with Crippen molar-refractivity contribution in [2.75, 3.05) is 6.54 Å². The molecule has 0 saturated carbocycles. The number of imidazole rings is 1. The van der Waals surface area contributed by atoms with Crippen molar-refractivity contribution in [2.45, 2.75) is 13.5 Å². The first-order chi connectivity index (χ1) is 16.0. The third kappa shape index (κ3) is 4.08. The fraction of sp³-hybridized carbons (Fsp3) is 0.130. The molecule has 0 fully saturated rings. The summed E-state index contributed by atoms with van der Waals surface area (Å²) in [6.07, 6.45) is 3.37. The summed E-state index contributed by atoms with van der Waals surface area (Å²) >= 11 is 1.27. The van der Waals surface area contributed by atoms with E-state index in [0.29, 0.717) is 27.0 Å². The number of carbonyl (C=O) groups is 1. The SMILES string of the molecule is Cc1c(C(=O)NCCn2nc(-c3ccco3)ccc2=O)sc2nc(-c3ccc(F)cc3)cn12. The highest BCUT2D eigenvalue weighted by molar-refractivity contribution is 7.19. The second-order valence-corrected chi connectivity index (χ2v) is 8.29. The molecule has 4 heterocycles. The van der Waals surface area contributed by atoms with Crippen LogP contribution in [0.1, 0.15) is 15.4 Å². The number of aromatic nitrogens is 4. The number of rotatable bonds is 6. The number of halogens is 1. The van der Waals surface area contributed by atoms with E-state index in [1.807, 2.05) is 17.5 Å². The number of amides is 1. The Morgan fingerprint density at radius 2 is 1.97 bits per heavy atom. The fourth-order valence-corrected chi connectivity index (χ4v) is 4.47. The summed E-state index contributed by atoms with van der Waals surface area (Å²) in [5.74, 6) is 0.00647. The van der Waals surface area contributed by atoms with Gasteiger partial charge in [0.2, 0.25) is 0 Å². The van der Waals surface area contributed by atoms with Crippen LogP contribution in [-0.4, -0.2) is 31.6 Å². The van der Waals surface area contributed by atoms with Crippen LogP contribution < -0.4 is 10.9 Å². The molecule has 33 heavy (non-hydrogen) atoms. The molecule has 8 nitrogen and oxygen atoms in total. The molecule has 0 bridgehead atoms. The Hall–Kier alpha value is -4.05. The lowest BCUT2D eigenvalue weighted by atomic mass is 10.2. The molecule has 5 aromatic rings. The van der Waals surface area contributed by atoms with E-state index in [9.17, 15) is 14.0 Å². The van der Waals surface area contributed by atoms with Gasteiger partial charge in [-0.3, -0.25) is 14.0 Å². The third-order valence-corrected chi connectivity index (χ3v) is 6.31. The quantitative estimate of drug-likeness (QED) is 0.414. The van der Waals surface area contributed by atoms with Crippen LogP contribution in [0.4, 0.5) is 4.39 Å². The number of furan rings is 1. The molecule has 0 saturated heterocycles. The first-order valence-electron chi connectivity index (χ1n) is 10.1. The highest BCUT2D eigenvalue weighted by atomic mass is 32.1. The Morgan fingerprint density at radius 3 is 2.70 bits per heavy atom. The van der Waals surface area contributed by atoms with Crippen molar-refractivity contribution in [3.05, 3.63) is 87.7 Å². The second kappa shape index (κ2) is 8.47. The van der Waals surface area contributed by atoms with Gasteiger partial charge in [0.1, 0.15) is 16.4 Å². The van der Waals surface area contributed by atoms with Gasteiger partial charge in [-0.15, -0.1) is 0 Å². The largest absolute Gasteiger partial charge is 0.463 e. The molecule has 1 aromatic carbocycles. The minimum atomic E-state index is -0.305. The van der Waals surface area contributed by atoms with Crippen LogP contribution in [0, 0.1) is 12.7 Å². The van der Waals surface area contributed by atoms with Gasteiger partial charge in [0, 0.05) is 30.1 Å². The maximum Gasteiger partial charge on any atom is 0.266 e. The smallest absolute Gasteiger partial charge is 0.266 e. The predicted molar refractivity (Wildman–Crippen MR) is 122 cm³/mol. The Bertz CT molecular complexity index is 1500. The third-order valence-electron chi connectivity index (χ3n) is 5.15. The molecule has 1 amide bonds. The summed E-state index contributed by atoms with van der Waals surface area (Å²) in [4.78, 5) is 30.6. The Balaban J connectivity index is 1.28. The van der Waals surface area contributed by atoms with Crippen molar-refractivity contribution in [3.8, 4) is 22.7 Å². The van der Waals surface area contributed by atoms with E-state index in [1.54, 1.807) is 30.3 Å². The first-order valence-corrected chi connectivity index (χ1v) is 11.0. The number of nitrogens with zero attached hydrogens (tertiary/aromatic N) is 4. The van der Waals surface area contributed by atoms with Crippen molar-refractivity contribution in [1.82, 2.24) is 24.5 Å². The minimum Gasteiger partial charge on any atom is -0.463 e. The van der Waals surface area contributed by atoms with Gasteiger partial charge in [-0.25, -0.2) is 14.1 Å². The summed E-state index contributed by atoms with van der Waals surface area (Å²) in [6, 6.07) is 12.6. The van der Waals surface area contributed by atoms with E-state index in [0.717, 1.165) is 11.3 Å². The number of thiazole rings is 1. The van der Waals surface area contributed by atoms with Crippen LogP contribution in [0.25, 0.3) is 27.7 Å². The zero-order valence-electron chi connectivity index (χ0n) is 17.5. The molecule has 4 aromatic heterocycles. The van der Waals surface area contributed by atoms with Crippen LogP contribution in [0.2, 0.25) is 0 Å². The lowest BCUT2D eigenvalue weighted by Gasteiger charge is -2.07. The number of benzene rings is 1. The lowest BCUT2D eigenvalue weighted by molar-refractivity contribution is 0.0955. The van der Waals surface area contributed by atoms with Gasteiger partial charge in [0.15, 0.2) is 10.7 Å². The normalized spacial score (nSPS) is 11.2. The van der Waals surface area contributed by atoms with Crippen LogP contribution in [-0.2, 0) is 6.54 Å². The summed E-state index contributed by atoms with van der Waals surface area (Å²) < 4.78 is 21.6. The molecule has 0 aliphatic carbocycles. The highest BCUT2D eigenvalue weighted by Crippen LogP contribution is 2.27. The topological polar surface area (TPSA) is 94.4 Å². The second-order valence-electron chi connectivity index (χ2n) is 7.32. The maximum absolute atomic E-state index is 13.2. The standard InChI is InChI=1S/C23H18FN5O3S/c1-14-21(33-23-26-18(13-28(14)23)15-4-6-16(24)7-5-15)22(31)25-10-11-29-20(30)9-8-17(27-29)19-3-2-12-32-19/h2-9,12-13H,10-11H2,1H3,(H,25,31). The predicted octanol–water partition coefficient (Wildman–Crippen LogP) is 3.76. The Kier molecular flexibility index (Phi) is 5.35. The van der Waals surface area contributed by atoms with Gasteiger partial charge in [-0.1, -0.05) is 11.3 Å². The summed E-state index contributed by atoms with van der Waals surface area (Å²) in [7, 11) is 0. The highest BCUT2D eigenvalue weighted by Gasteiger charge is 2.18. The number of fused-ring (bicyclic) bond motifs is 1. The molecule has 0 spiro atoms. The molecule has 1 N–H and O–H groups in total. The maximum atomic E-state index is 13.2. The van der Waals surface area contributed by atoms with Gasteiger partial charge < -0.3 is 9.73 Å². The summed E-state index contributed by atoms with van der Waals surface area (Å²) in [5, 5.41) is 7.13. The van der Waals surface area contributed by atoms with E-state index >= 15 is 0 Å². The minimum absolute atomic E-state index is 0.218. The number of aryl methyl sites for hydroxylation is 1. The van der Waals surface area contributed by atoms with Crippen molar-refractivity contribution in [3.63, 3.8) is 0 Å². The van der Waals surface area contributed by atoms with Crippen molar-refractivity contribution < 1.29 is 13.6 Å². The molecular formula is C23H18FN5O3S. The van der Waals surface area contributed by atoms with E-state index in [-0.39, 0.29) is 30.4 Å². The molecule has 5 rings (SSSR count). The number of hydrogen-bond donors (Lipinski definition) is 1. The Morgan fingerprint density at radius 1 is 1.15 bits per heavy atom. The van der Waals surface area contributed by atoms with E-state index in [2.05, 4.69) is 15.4 Å². The zero-order chi connectivity index (χ0) is 22.9. The number of nitrogens with one attached hydrogen (secondary N) is 1. The number of carbonyl (C=O) groups excluding carboxylic acids is 1. The fourth-order valence-electron chi connectivity index (χ4n) is 3.44. The molecule has 0 aliphatic rings. The number of hydrogen-bond acceptors (Lipinski definition) is 6. The first kappa shape index (κ1) is 20.8. The van der Waals surface area contributed by atoms with E-state index in [1.165, 1.54) is 40.5 Å². The van der Waals surface area contributed by atoms with Crippen molar-refractivity contribution in [1.29, 1.82) is 0 Å². The molecule has 0 atom stereocenters. The van der Waals surface area contributed by atoms with Gasteiger partial charge >= 0.3 is 0 Å². The van der Waals surface area contributed by atoms with E-state index < -0.39 is 0 Å². The Labute approximate surface area is 190 Å². The monoisotopic (exact) mass is 463 g/mol. The van der Waals surface area contributed by atoms with Gasteiger partial charge in [0.05, 0.1) is 18.5 Å². The van der Waals surface area contributed by atoms with Gasteiger partial charge in [0.25, 0.3) is 11.5 Å². The summed E-state index contributed by atoms with van der Waals surface area (Å²) in [6.45, 7) is 2.29. The lowest BCUT2D eigenvalue weighted by Crippen LogP contribution is -2.31. The molecule has 0 unspecified atom stereocenters. The molecular weight excluding hydrogens is 445 g/mol.